The summed E-state index contributed by atoms with van der Waals surface area (Å²) in [5.74, 6) is 0.843. The first kappa shape index (κ1) is 19.6. The summed E-state index contributed by atoms with van der Waals surface area (Å²) in [6, 6.07) is 8.68. The number of anilines is 1. The summed E-state index contributed by atoms with van der Waals surface area (Å²) in [4.78, 5) is 32.0. The maximum Gasteiger partial charge on any atom is 0.260 e. The summed E-state index contributed by atoms with van der Waals surface area (Å²) in [6.45, 7) is 5.91. The zero-order valence-corrected chi connectivity index (χ0v) is 15.9. The second kappa shape index (κ2) is 9.14. The van der Waals surface area contributed by atoms with Gasteiger partial charge in [0.25, 0.3) is 11.5 Å². The number of morpholine rings is 1. The topological polar surface area (TPSA) is 109 Å². The van der Waals surface area contributed by atoms with E-state index in [1.807, 2.05) is 19.1 Å². The number of amides is 1. The number of nitrogens with zero attached hydrogens (tertiary/aromatic N) is 3. The Kier molecular flexibility index (Phi) is 6.38. The van der Waals surface area contributed by atoms with Crippen molar-refractivity contribution >= 4 is 17.6 Å². The Morgan fingerprint density at radius 2 is 2.04 bits per heavy atom. The van der Waals surface area contributed by atoms with Crippen LogP contribution in [0.1, 0.15) is 18.2 Å². The highest BCUT2D eigenvalue weighted by atomic mass is 16.5. The third kappa shape index (κ3) is 5.40. The minimum atomic E-state index is -0.240. The molecular weight excluding hydrogens is 362 g/mol. The van der Waals surface area contributed by atoms with Crippen molar-refractivity contribution in [3.8, 4) is 5.75 Å². The maximum absolute atomic E-state index is 12.1. The highest BCUT2D eigenvalue weighted by Gasteiger charge is 2.17. The van der Waals surface area contributed by atoms with Crippen LogP contribution >= 0.6 is 0 Å². The van der Waals surface area contributed by atoms with Gasteiger partial charge in [-0.3, -0.25) is 14.6 Å². The van der Waals surface area contributed by atoms with E-state index in [-0.39, 0.29) is 24.0 Å². The molecule has 9 heteroatoms. The number of carbonyl (C=O) groups is 1. The number of hydrogen-bond donors (Lipinski definition) is 2. The van der Waals surface area contributed by atoms with Crippen LogP contribution in [0.15, 0.2) is 40.2 Å². The molecule has 28 heavy (non-hydrogen) atoms. The maximum atomic E-state index is 12.1. The second-order valence-corrected chi connectivity index (χ2v) is 6.35. The summed E-state index contributed by atoms with van der Waals surface area (Å²) in [5.41, 5.74) is 4.69. The number of benzene rings is 1. The highest BCUT2D eigenvalue weighted by Crippen LogP contribution is 2.13. The smallest absolute Gasteiger partial charge is 0.260 e. The van der Waals surface area contributed by atoms with Gasteiger partial charge in [-0.25, -0.2) is 10.4 Å². The number of aromatic nitrogens is 2. The largest absolute Gasteiger partial charge is 0.484 e. The van der Waals surface area contributed by atoms with Crippen LogP contribution in [-0.4, -0.2) is 59.4 Å². The van der Waals surface area contributed by atoms with Gasteiger partial charge in [0.2, 0.25) is 5.95 Å². The summed E-state index contributed by atoms with van der Waals surface area (Å²) in [5, 5.41) is 4.23. The van der Waals surface area contributed by atoms with Crippen molar-refractivity contribution in [3.63, 3.8) is 0 Å². The predicted octanol–water partition coefficient (Wildman–Crippen LogP) is 1.15. The molecule has 1 saturated heterocycles. The average molecular weight is 385 g/mol. The Bertz CT molecular complexity index is 901. The highest BCUT2D eigenvalue weighted by molar-refractivity contribution is 5.99. The molecule has 9 nitrogen and oxygen atoms in total. The fourth-order valence-corrected chi connectivity index (χ4v) is 2.67. The molecule has 0 atom stereocenters. The number of hydrogen-bond acceptors (Lipinski definition) is 7. The molecule has 0 saturated carbocycles. The van der Waals surface area contributed by atoms with Crippen LogP contribution in [0.25, 0.3) is 0 Å². The average Bonchev–Trinajstić information content (AvgIpc) is 2.70. The van der Waals surface area contributed by atoms with E-state index in [4.69, 9.17) is 9.47 Å². The number of carbonyl (C=O) groups excluding carboxylic acids is 1. The molecule has 2 aromatic rings. The Balaban J connectivity index is 1.55. The van der Waals surface area contributed by atoms with Gasteiger partial charge >= 0.3 is 0 Å². The molecule has 0 unspecified atom stereocenters. The van der Waals surface area contributed by atoms with E-state index in [0.717, 1.165) is 5.56 Å². The SMILES string of the molecule is C/C(=N/Nc1nc(C)cc(=O)[nH]1)c1ccc(OCC(=O)N2CCOCC2)cc1. The zero-order valence-electron chi connectivity index (χ0n) is 15.9. The summed E-state index contributed by atoms with van der Waals surface area (Å²) in [7, 11) is 0. The van der Waals surface area contributed by atoms with Crippen LogP contribution in [0.3, 0.4) is 0 Å². The summed E-state index contributed by atoms with van der Waals surface area (Å²) >= 11 is 0. The molecule has 1 fully saturated rings. The molecule has 2 N–H and O–H groups in total. The third-order valence-corrected chi connectivity index (χ3v) is 4.20. The fraction of sp³-hybridized carbons (Fsp3) is 0.368. The molecule has 1 amide bonds. The van der Waals surface area contributed by atoms with E-state index in [1.54, 1.807) is 24.0 Å². The minimum absolute atomic E-state index is 0.000362. The number of hydrazone groups is 1. The summed E-state index contributed by atoms with van der Waals surface area (Å²) in [6.07, 6.45) is 0. The normalized spacial score (nSPS) is 14.6. The molecule has 3 rings (SSSR count). The minimum Gasteiger partial charge on any atom is -0.484 e. The van der Waals surface area contributed by atoms with E-state index in [2.05, 4.69) is 20.5 Å². The van der Waals surface area contributed by atoms with Gasteiger partial charge in [0.1, 0.15) is 5.75 Å². The van der Waals surface area contributed by atoms with Gasteiger partial charge in [-0.15, -0.1) is 0 Å². The number of H-pyrrole nitrogens is 1. The molecule has 1 aliphatic heterocycles. The van der Waals surface area contributed by atoms with Crippen LogP contribution in [0, 0.1) is 6.92 Å². The van der Waals surface area contributed by atoms with Gasteiger partial charge in [0.15, 0.2) is 6.61 Å². The molecule has 0 bridgehead atoms. The van der Waals surface area contributed by atoms with Crippen LogP contribution in [0.4, 0.5) is 5.95 Å². The molecule has 0 aliphatic carbocycles. The fourth-order valence-electron chi connectivity index (χ4n) is 2.67. The standard InChI is InChI=1S/C19H23N5O4/c1-13-11-17(25)21-19(20-13)23-22-14(2)15-3-5-16(6-4-15)28-12-18(26)24-7-9-27-10-8-24/h3-6,11H,7-10,12H2,1-2H3,(H2,20,21,23,25)/b22-14-. The number of nitrogens with one attached hydrogen (secondary N) is 2. The first-order chi connectivity index (χ1) is 13.5. The van der Waals surface area contributed by atoms with Crippen LogP contribution in [0.2, 0.25) is 0 Å². The summed E-state index contributed by atoms with van der Waals surface area (Å²) < 4.78 is 10.8. The number of aryl methyl sites for hydroxylation is 1. The number of rotatable bonds is 6. The lowest BCUT2D eigenvalue weighted by Crippen LogP contribution is -2.42. The lowest BCUT2D eigenvalue weighted by Gasteiger charge is -2.26. The Morgan fingerprint density at radius 3 is 2.71 bits per heavy atom. The van der Waals surface area contributed by atoms with Crippen molar-refractivity contribution in [2.24, 2.45) is 5.10 Å². The molecule has 148 valence electrons. The quantitative estimate of drug-likeness (QED) is 0.570. The van der Waals surface area contributed by atoms with E-state index < -0.39 is 0 Å². The van der Waals surface area contributed by atoms with Gasteiger partial charge in [-0.05, 0) is 43.7 Å². The van der Waals surface area contributed by atoms with Crippen molar-refractivity contribution in [2.45, 2.75) is 13.8 Å². The zero-order chi connectivity index (χ0) is 19.9. The van der Waals surface area contributed by atoms with Crippen molar-refractivity contribution < 1.29 is 14.3 Å². The van der Waals surface area contributed by atoms with Gasteiger partial charge in [0.05, 0.1) is 18.9 Å². The molecule has 0 radical (unpaired) electrons. The molecular formula is C19H23N5O4. The van der Waals surface area contributed by atoms with Crippen molar-refractivity contribution in [1.29, 1.82) is 0 Å². The molecule has 1 aliphatic rings. The Hall–Kier alpha value is -3.20. The molecule has 2 heterocycles. The second-order valence-electron chi connectivity index (χ2n) is 6.35. The number of ether oxygens (including phenoxy) is 2. The molecule has 1 aromatic carbocycles. The van der Waals surface area contributed by atoms with E-state index in [9.17, 15) is 9.59 Å². The van der Waals surface area contributed by atoms with Gasteiger partial charge in [-0.2, -0.15) is 5.10 Å². The molecule has 0 spiro atoms. The van der Waals surface area contributed by atoms with Gasteiger partial charge < -0.3 is 14.4 Å². The van der Waals surface area contributed by atoms with Crippen LogP contribution in [-0.2, 0) is 9.53 Å². The van der Waals surface area contributed by atoms with E-state index in [1.165, 1.54) is 6.07 Å². The van der Waals surface area contributed by atoms with Crippen molar-refractivity contribution in [1.82, 2.24) is 14.9 Å². The lowest BCUT2D eigenvalue weighted by molar-refractivity contribution is -0.137. The predicted molar refractivity (Wildman–Crippen MR) is 105 cm³/mol. The Morgan fingerprint density at radius 1 is 1.32 bits per heavy atom. The van der Waals surface area contributed by atoms with Crippen molar-refractivity contribution in [3.05, 3.63) is 51.9 Å². The van der Waals surface area contributed by atoms with Crippen LogP contribution in [0.5, 0.6) is 5.75 Å². The first-order valence-corrected chi connectivity index (χ1v) is 8.98. The lowest BCUT2D eigenvalue weighted by atomic mass is 10.1. The third-order valence-electron chi connectivity index (χ3n) is 4.20. The van der Waals surface area contributed by atoms with Crippen molar-refractivity contribution in [2.75, 3.05) is 38.3 Å². The van der Waals surface area contributed by atoms with Gasteiger partial charge in [0, 0.05) is 24.8 Å². The number of aromatic amines is 1. The molecule has 1 aromatic heterocycles. The van der Waals surface area contributed by atoms with Crippen LogP contribution < -0.4 is 15.7 Å². The van der Waals surface area contributed by atoms with E-state index >= 15 is 0 Å². The van der Waals surface area contributed by atoms with E-state index in [0.29, 0.717) is 43.5 Å². The first-order valence-electron chi connectivity index (χ1n) is 8.98. The monoisotopic (exact) mass is 385 g/mol. The Labute approximate surface area is 162 Å². The van der Waals surface area contributed by atoms with Gasteiger partial charge in [-0.1, -0.05) is 0 Å².